The molecule has 0 fully saturated rings. The van der Waals surface area contributed by atoms with Gasteiger partial charge >= 0.3 is 0 Å². The minimum absolute atomic E-state index is 0.0346. The summed E-state index contributed by atoms with van der Waals surface area (Å²) < 4.78 is 31.7. The van der Waals surface area contributed by atoms with E-state index in [-0.39, 0.29) is 30.5 Å². The fourth-order valence-electron chi connectivity index (χ4n) is 2.38. The van der Waals surface area contributed by atoms with Gasteiger partial charge in [0.25, 0.3) is 5.91 Å². The largest absolute Gasteiger partial charge is 0.468 e. The first-order valence-electron chi connectivity index (χ1n) is 8.08. The van der Waals surface area contributed by atoms with Crippen LogP contribution in [0.3, 0.4) is 0 Å². The molecule has 2 aromatic rings. The second-order valence-corrected chi connectivity index (χ2v) is 5.93. The topological polar surface area (TPSA) is 74.6 Å². The first-order chi connectivity index (χ1) is 12.4. The highest BCUT2D eigenvalue weighted by atomic mass is 19.1. The first kappa shape index (κ1) is 19.6. The molecule has 0 radical (unpaired) electrons. The lowest BCUT2D eigenvalue weighted by Crippen LogP contribution is -2.36. The predicted molar refractivity (Wildman–Crippen MR) is 91.5 cm³/mol. The Kier molecular flexibility index (Phi) is 6.85. The normalized spacial score (nSPS) is 12.0. The molecule has 1 unspecified atom stereocenters. The van der Waals surface area contributed by atoms with E-state index in [2.05, 4.69) is 10.6 Å². The van der Waals surface area contributed by atoms with Crippen LogP contribution in [0.15, 0.2) is 41.0 Å². The Morgan fingerprint density at radius 2 is 1.96 bits per heavy atom. The van der Waals surface area contributed by atoms with Gasteiger partial charge in [0.05, 0.1) is 17.9 Å². The lowest BCUT2D eigenvalue weighted by molar-refractivity contribution is -0.121. The number of halogens is 2. The van der Waals surface area contributed by atoms with Gasteiger partial charge in [-0.05, 0) is 38.4 Å². The van der Waals surface area contributed by atoms with Crippen LogP contribution in [0, 0.1) is 11.6 Å². The number of carbonyl (C=O) groups excluding carboxylic acids is 2. The molecule has 2 amide bonds. The van der Waals surface area contributed by atoms with Gasteiger partial charge in [-0.2, -0.15) is 0 Å². The van der Waals surface area contributed by atoms with E-state index in [4.69, 9.17) is 4.42 Å². The molecule has 6 nitrogen and oxygen atoms in total. The van der Waals surface area contributed by atoms with Crippen LogP contribution in [0.1, 0.15) is 28.6 Å². The van der Waals surface area contributed by atoms with E-state index in [1.165, 1.54) is 0 Å². The van der Waals surface area contributed by atoms with Crippen molar-refractivity contribution in [2.24, 2.45) is 0 Å². The number of nitrogens with one attached hydrogen (secondary N) is 2. The van der Waals surface area contributed by atoms with Gasteiger partial charge in [0.2, 0.25) is 5.91 Å². The number of amides is 2. The van der Waals surface area contributed by atoms with Crippen molar-refractivity contribution in [3.8, 4) is 0 Å². The number of carbonyl (C=O) groups is 2. The molecule has 0 aliphatic carbocycles. The molecule has 0 saturated heterocycles. The van der Waals surface area contributed by atoms with Crippen LogP contribution in [-0.4, -0.2) is 43.9 Å². The van der Waals surface area contributed by atoms with E-state index >= 15 is 0 Å². The van der Waals surface area contributed by atoms with Crippen LogP contribution in [0.5, 0.6) is 0 Å². The number of furan rings is 1. The summed E-state index contributed by atoms with van der Waals surface area (Å²) in [5.74, 6) is -1.93. The fraction of sp³-hybridized carbons (Fsp3) is 0.333. The Hall–Kier alpha value is -2.74. The molecule has 2 rings (SSSR count). The second kappa shape index (κ2) is 9.10. The molecule has 1 aromatic heterocycles. The van der Waals surface area contributed by atoms with Gasteiger partial charge in [-0.25, -0.2) is 8.78 Å². The van der Waals surface area contributed by atoms with Crippen LogP contribution in [0.4, 0.5) is 8.78 Å². The summed E-state index contributed by atoms with van der Waals surface area (Å²) in [6, 6.07) is 6.19. The number of benzene rings is 1. The lowest BCUT2D eigenvalue weighted by Gasteiger charge is -2.22. The van der Waals surface area contributed by atoms with E-state index in [9.17, 15) is 18.4 Å². The molecule has 0 bridgehead atoms. The summed E-state index contributed by atoms with van der Waals surface area (Å²) in [4.78, 5) is 25.7. The second-order valence-electron chi connectivity index (χ2n) is 5.93. The summed E-state index contributed by atoms with van der Waals surface area (Å²) in [5, 5.41) is 5.21. The monoisotopic (exact) mass is 365 g/mol. The van der Waals surface area contributed by atoms with Crippen LogP contribution in [0.25, 0.3) is 0 Å². The van der Waals surface area contributed by atoms with Crippen molar-refractivity contribution < 1.29 is 22.8 Å². The molecular weight excluding hydrogens is 344 g/mol. The van der Waals surface area contributed by atoms with Gasteiger partial charge in [-0.1, -0.05) is 0 Å². The SMILES string of the molecule is CN(C)C(CNC(=O)CCNC(=O)c1ccc(F)cc1F)c1ccco1. The van der Waals surface area contributed by atoms with Crippen molar-refractivity contribution in [3.05, 3.63) is 59.6 Å². The first-order valence-corrected chi connectivity index (χ1v) is 8.08. The molecule has 1 aromatic carbocycles. The van der Waals surface area contributed by atoms with Crippen molar-refractivity contribution in [2.45, 2.75) is 12.5 Å². The average molecular weight is 365 g/mol. The molecule has 0 aliphatic rings. The third-order valence-corrected chi connectivity index (χ3v) is 3.80. The minimum atomic E-state index is -0.945. The van der Waals surface area contributed by atoms with E-state index in [1.54, 1.807) is 12.3 Å². The van der Waals surface area contributed by atoms with E-state index in [0.29, 0.717) is 12.6 Å². The summed E-state index contributed by atoms with van der Waals surface area (Å²) in [6.07, 6.45) is 1.60. The van der Waals surface area contributed by atoms with Crippen molar-refractivity contribution in [1.29, 1.82) is 0 Å². The summed E-state index contributed by atoms with van der Waals surface area (Å²) in [6.45, 7) is 0.384. The van der Waals surface area contributed by atoms with Crippen molar-refractivity contribution in [3.63, 3.8) is 0 Å². The molecule has 8 heteroatoms. The van der Waals surface area contributed by atoms with Crippen LogP contribution in [0.2, 0.25) is 0 Å². The molecule has 0 spiro atoms. The number of rotatable bonds is 8. The minimum Gasteiger partial charge on any atom is -0.468 e. The lowest BCUT2D eigenvalue weighted by atomic mass is 10.2. The molecule has 2 N–H and O–H groups in total. The summed E-state index contributed by atoms with van der Waals surface area (Å²) in [7, 11) is 3.74. The molecule has 26 heavy (non-hydrogen) atoms. The van der Waals surface area contributed by atoms with Gasteiger partial charge in [-0.15, -0.1) is 0 Å². The van der Waals surface area contributed by atoms with Gasteiger partial charge in [0.1, 0.15) is 17.4 Å². The Balaban J connectivity index is 1.77. The molecule has 0 aliphatic heterocycles. The van der Waals surface area contributed by atoms with Crippen molar-refractivity contribution >= 4 is 11.8 Å². The third-order valence-electron chi connectivity index (χ3n) is 3.80. The number of nitrogens with zero attached hydrogens (tertiary/aromatic N) is 1. The van der Waals surface area contributed by atoms with E-state index < -0.39 is 17.5 Å². The van der Waals surface area contributed by atoms with Crippen molar-refractivity contribution in [1.82, 2.24) is 15.5 Å². The zero-order chi connectivity index (χ0) is 19.1. The third kappa shape index (κ3) is 5.38. The highest BCUT2D eigenvalue weighted by Crippen LogP contribution is 2.17. The zero-order valence-electron chi connectivity index (χ0n) is 14.6. The standard InChI is InChI=1S/C18H21F2N3O3/c1-23(2)15(16-4-3-9-26-16)11-22-17(24)7-8-21-18(25)13-6-5-12(19)10-14(13)20/h3-6,9-10,15H,7-8,11H2,1-2H3,(H,21,25)(H,22,24). The Morgan fingerprint density at radius 3 is 2.58 bits per heavy atom. The maximum absolute atomic E-state index is 13.5. The molecule has 1 atom stereocenters. The Labute approximate surface area is 150 Å². The summed E-state index contributed by atoms with van der Waals surface area (Å²) >= 11 is 0. The molecule has 140 valence electrons. The van der Waals surface area contributed by atoms with E-state index in [0.717, 1.165) is 17.9 Å². The maximum Gasteiger partial charge on any atom is 0.254 e. The predicted octanol–water partition coefficient (Wildman–Crippen LogP) is 2.10. The van der Waals surface area contributed by atoms with Crippen LogP contribution < -0.4 is 10.6 Å². The Morgan fingerprint density at radius 1 is 1.19 bits per heavy atom. The average Bonchev–Trinajstić information content (AvgIpc) is 3.08. The van der Waals surface area contributed by atoms with Crippen LogP contribution in [-0.2, 0) is 4.79 Å². The number of likely N-dealkylation sites (N-methyl/N-ethyl adjacent to an activating group) is 1. The van der Waals surface area contributed by atoms with Crippen LogP contribution >= 0.6 is 0 Å². The Bertz CT molecular complexity index is 748. The summed E-state index contributed by atoms with van der Waals surface area (Å²) in [5.41, 5.74) is -0.266. The zero-order valence-corrected chi connectivity index (χ0v) is 14.6. The maximum atomic E-state index is 13.5. The molecular formula is C18H21F2N3O3. The quantitative estimate of drug-likeness (QED) is 0.751. The highest BCUT2D eigenvalue weighted by molar-refractivity contribution is 5.94. The van der Waals surface area contributed by atoms with Gasteiger partial charge in [0.15, 0.2) is 0 Å². The molecule has 1 heterocycles. The number of hydrogen-bond acceptors (Lipinski definition) is 4. The van der Waals surface area contributed by atoms with Gasteiger partial charge in [0, 0.05) is 25.6 Å². The highest BCUT2D eigenvalue weighted by Gasteiger charge is 2.18. The van der Waals surface area contributed by atoms with Gasteiger partial charge < -0.3 is 15.1 Å². The van der Waals surface area contributed by atoms with Gasteiger partial charge in [-0.3, -0.25) is 14.5 Å². The van der Waals surface area contributed by atoms with E-state index in [1.807, 2.05) is 25.1 Å². The van der Waals surface area contributed by atoms with Crippen molar-refractivity contribution in [2.75, 3.05) is 27.2 Å². The number of hydrogen-bond donors (Lipinski definition) is 2. The molecule has 0 saturated carbocycles. The fourth-order valence-corrected chi connectivity index (χ4v) is 2.38. The smallest absolute Gasteiger partial charge is 0.254 e.